The number of piperazine rings is 1. The lowest BCUT2D eigenvalue weighted by Crippen LogP contribution is -2.44. The first-order chi connectivity index (χ1) is 18.5. The number of benzene rings is 2. The highest BCUT2D eigenvalue weighted by atomic mass is 35.5. The van der Waals surface area contributed by atoms with Gasteiger partial charge in [0.25, 0.3) is 0 Å². The second kappa shape index (κ2) is 9.57. The summed E-state index contributed by atoms with van der Waals surface area (Å²) in [5.41, 5.74) is 10.8. The topological polar surface area (TPSA) is 105 Å². The van der Waals surface area contributed by atoms with Crippen molar-refractivity contribution in [1.82, 2.24) is 25.3 Å². The number of aryl methyl sites for hydroxylation is 1. The number of nitrogens with zero attached hydrogens (tertiary/aromatic N) is 5. The van der Waals surface area contributed by atoms with Crippen molar-refractivity contribution in [3.8, 4) is 11.1 Å². The summed E-state index contributed by atoms with van der Waals surface area (Å²) in [6, 6.07) is 7.55. The molecule has 0 bridgehead atoms. The molecule has 38 heavy (non-hydrogen) atoms. The number of halogens is 2. The molecular weight excluding hydrogens is 543 g/mol. The van der Waals surface area contributed by atoms with E-state index in [4.69, 9.17) is 27.3 Å². The van der Waals surface area contributed by atoms with Gasteiger partial charge in [0.05, 0.1) is 26.4 Å². The molecule has 0 radical (unpaired) electrons. The van der Waals surface area contributed by atoms with Gasteiger partial charge in [-0.3, -0.25) is 0 Å². The van der Waals surface area contributed by atoms with E-state index in [2.05, 4.69) is 25.5 Å². The third-order valence-electron chi connectivity index (χ3n) is 7.20. The molecule has 1 aliphatic heterocycles. The summed E-state index contributed by atoms with van der Waals surface area (Å²) in [5.74, 6) is 0.630. The summed E-state index contributed by atoms with van der Waals surface area (Å²) in [4.78, 5) is 22.0. The number of hydrogen-bond donors (Lipinski definition) is 3. The third-order valence-corrected chi connectivity index (χ3v) is 9.25. The standard InChI is InChI=1S/C26H24ClFN8S2/c27-16-11-15-23(21(28)20(16)14-2-1-3-18-22(14)33-25(29)38-18)34-26(35-24(15)36-8-6-30-7-9-36)32-13-4-5-17-19(10-13)37-12-31-17/h1-3,11-13,30H,4-10H2,(H2,29,33)(H,32,34,35). The Morgan fingerprint density at radius 2 is 2.03 bits per heavy atom. The molecule has 8 nitrogen and oxygen atoms in total. The molecule has 1 saturated heterocycles. The van der Waals surface area contributed by atoms with Gasteiger partial charge < -0.3 is 21.3 Å². The van der Waals surface area contributed by atoms with E-state index < -0.39 is 5.82 Å². The fourth-order valence-electron chi connectivity index (χ4n) is 5.38. The normalized spacial score (nSPS) is 17.7. The molecule has 1 unspecified atom stereocenters. The lowest BCUT2D eigenvalue weighted by molar-refractivity contribution is 0.584. The molecule has 1 atom stereocenters. The van der Waals surface area contributed by atoms with Crippen molar-refractivity contribution in [3.63, 3.8) is 0 Å². The van der Waals surface area contributed by atoms with Crippen LogP contribution < -0.4 is 21.3 Å². The van der Waals surface area contributed by atoms with Gasteiger partial charge in [0, 0.05) is 60.0 Å². The summed E-state index contributed by atoms with van der Waals surface area (Å²) in [6.45, 7) is 3.17. The highest BCUT2D eigenvalue weighted by molar-refractivity contribution is 7.22. The number of nitrogen functional groups attached to an aromatic ring is 1. The van der Waals surface area contributed by atoms with Crippen LogP contribution >= 0.6 is 34.3 Å². The Labute approximate surface area is 231 Å². The van der Waals surface area contributed by atoms with Gasteiger partial charge in [-0.15, -0.1) is 11.3 Å². The molecule has 194 valence electrons. The third kappa shape index (κ3) is 4.14. The van der Waals surface area contributed by atoms with Crippen LogP contribution in [0.3, 0.4) is 0 Å². The van der Waals surface area contributed by atoms with E-state index >= 15 is 4.39 Å². The van der Waals surface area contributed by atoms with Crippen LogP contribution in [0, 0.1) is 5.82 Å². The Kier molecular flexibility index (Phi) is 6.03. The molecule has 3 aromatic heterocycles. The van der Waals surface area contributed by atoms with E-state index in [1.54, 1.807) is 17.4 Å². The fourth-order valence-corrected chi connectivity index (χ4v) is 7.33. The van der Waals surface area contributed by atoms with E-state index in [-0.39, 0.29) is 17.1 Å². The quantitative estimate of drug-likeness (QED) is 0.275. The lowest BCUT2D eigenvalue weighted by Gasteiger charge is -2.30. The van der Waals surface area contributed by atoms with Crippen LogP contribution in [0.4, 0.5) is 21.3 Å². The Hall–Kier alpha value is -3.12. The van der Waals surface area contributed by atoms with Gasteiger partial charge in [0.15, 0.2) is 10.9 Å². The number of para-hydroxylation sites is 1. The zero-order valence-electron chi connectivity index (χ0n) is 20.3. The SMILES string of the molecule is Nc1nc2c(-c3c(Cl)cc4c(N5CCNCC5)nc(NC5CCc6ncsc6C5)nc4c3F)cccc2s1. The number of anilines is 3. The lowest BCUT2D eigenvalue weighted by atomic mass is 9.98. The molecule has 7 rings (SSSR count). The molecule has 1 fully saturated rings. The molecule has 4 heterocycles. The van der Waals surface area contributed by atoms with E-state index in [1.807, 2.05) is 23.7 Å². The number of fused-ring (bicyclic) bond motifs is 3. The minimum absolute atomic E-state index is 0.151. The van der Waals surface area contributed by atoms with Gasteiger partial charge in [-0.2, -0.15) is 4.98 Å². The average Bonchev–Trinajstić information content (AvgIpc) is 3.55. The van der Waals surface area contributed by atoms with Crippen molar-refractivity contribution in [2.24, 2.45) is 0 Å². The van der Waals surface area contributed by atoms with Gasteiger partial charge in [0.1, 0.15) is 11.3 Å². The first kappa shape index (κ1) is 24.0. The molecule has 5 aromatic rings. The van der Waals surface area contributed by atoms with Crippen LogP contribution in [0.25, 0.3) is 32.2 Å². The second-order valence-electron chi connectivity index (χ2n) is 9.56. The molecule has 2 aliphatic rings. The minimum atomic E-state index is -0.484. The number of nitrogens with one attached hydrogen (secondary N) is 2. The van der Waals surface area contributed by atoms with Gasteiger partial charge >= 0.3 is 0 Å². The first-order valence-corrected chi connectivity index (χ1v) is 14.6. The predicted octanol–water partition coefficient (Wildman–Crippen LogP) is 5.12. The maximum atomic E-state index is 16.5. The van der Waals surface area contributed by atoms with Crippen molar-refractivity contribution in [2.45, 2.75) is 25.3 Å². The van der Waals surface area contributed by atoms with Crippen LogP contribution in [0.15, 0.2) is 29.8 Å². The van der Waals surface area contributed by atoms with Crippen LogP contribution in [-0.2, 0) is 12.8 Å². The van der Waals surface area contributed by atoms with Gasteiger partial charge in [-0.1, -0.05) is 35.1 Å². The summed E-state index contributed by atoms with van der Waals surface area (Å²) >= 11 is 9.83. The number of rotatable bonds is 4. The van der Waals surface area contributed by atoms with Crippen molar-refractivity contribution >= 4 is 72.3 Å². The van der Waals surface area contributed by atoms with Crippen LogP contribution in [0.2, 0.25) is 5.02 Å². The number of nitrogens with two attached hydrogens (primary N) is 1. The molecule has 0 spiro atoms. The average molecular weight is 567 g/mol. The summed E-state index contributed by atoms with van der Waals surface area (Å²) in [5, 5.41) is 8.19. The van der Waals surface area contributed by atoms with E-state index in [1.165, 1.54) is 21.9 Å². The Balaban J connectivity index is 1.38. The summed E-state index contributed by atoms with van der Waals surface area (Å²) < 4.78 is 17.4. The molecular formula is C26H24ClFN8S2. The molecule has 2 aromatic carbocycles. The van der Waals surface area contributed by atoms with Gasteiger partial charge in [-0.25, -0.2) is 19.3 Å². The highest BCUT2D eigenvalue weighted by Crippen LogP contribution is 2.42. The van der Waals surface area contributed by atoms with Gasteiger partial charge in [0.2, 0.25) is 5.95 Å². The van der Waals surface area contributed by atoms with E-state index in [9.17, 15) is 0 Å². The maximum absolute atomic E-state index is 16.5. The highest BCUT2D eigenvalue weighted by Gasteiger charge is 2.26. The molecule has 1 aliphatic carbocycles. The van der Waals surface area contributed by atoms with E-state index in [0.717, 1.165) is 50.1 Å². The number of hydrogen-bond acceptors (Lipinski definition) is 10. The predicted molar refractivity (Wildman–Crippen MR) is 154 cm³/mol. The Morgan fingerprint density at radius 1 is 1.16 bits per heavy atom. The van der Waals surface area contributed by atoms with Crippen LogP contribution in [0.5, 0.6) is 0 Å². The minimum Gasteiger partial charge on any atom is -0.375 e. The maximum Gasteiger partial charge on any atom is 0.225 e. The second-order valence-corrected chi connectivity index (χ2v) is 12.0. The van der Waals surface area contributed by atoms with Crippen molar-refractivity contribution in [1.29, 1.82) is 0 Å². The Morgan fingerprint density at radius 3 is 2.89 bits per heavy atom. The number of thiazole rings is 2. The summed E-state index contributed by atoms with van der Waals surface area (Å²) in [6.07, 6.45) is 2.68. The van der Waals surface area contributed by atoms with Crippen molar-refractivity contribution in [2.75, 3.05) is 42.1 Å². The van der Waals surface area contributed by atoms with Crippen molar-refractivity contribution < 1.29 is 4.39 Å². The zero-order valence-corrected chi connectivity index (χ0v) is 22.7. The molecule has 4 N–H and O–H groups in total. The monoisotopic (exact) mass is 566 g/mol. The van der Waals surface area contributed by atoms with Crippen LogP contribution in [0.1, 0.15) is 17.0 Å². The Bertz CT molecular complexity index is 1680. The summed E-state index contributed by atoms with van der Waals surface area (Å²) in [7, 11) is 0. The molecule has 12 heteroatoms. The molecule has 0 amide bonds. The van der Waals surface area contributed by atoms with E-state index in [0.29, 0.717) is 38.4 Å². The molecule has 0 saturated carbocycles. The zero-order chi connectivity index (χ0) is 25.8. The first-order valence-electron chi connectivity index (χ1n) is 12.5. The largest absolute Gasteiger partial charge is 0.375 e. The smallest absolute Gasteiger partial charge is 0.225 e. The van der Waals surface area contributed by atoms with Gasteiger partial charge in [-0.05, 0) is 25.0 Å². The fraction of sp³-hybridized carbons (Fsp3) is 0.308. The van der Waals surface area contributed by atoms with Crippen LogP contribution in [-0.4, -0.2) is 52.2 Å². The number of aromatic nitrogens is 4. The van der Waals surface area contributed by atoms with Crippen molar-refractivity contribution in [3.05, 3.63) is 51.2 Å².